The minimum Gasteiger partial charge on any atom is -0.217 e. The molecule has 0 heterocycles. The lowest BCUT2D eigenvalue weighted by Crippen LogP contribution is -1.80. The standard InChI is InChI=1S/CH3F2Si/c2-1(3)4/h1H,4H2. The third kappa shape index (κ3) is 407. The normalized spacial score (nSPS) is 9.00. The quantitative estimate of drug-likeness (QED) is 0.355. The Bertz CT molecular complexity index is 10.8. The predicted octanol–water partition coefficient (Wildman–Crippen LogP) is -0.158. The monoisotopic (exact) mass is 81.0 g/mol. The Morgan fingerprint density at radius 1 is 1.50 bits per heavy atom. The molecule has 3 heteroatoms. The summed E-state index contributed by atoms with van der Waals surface area (Å²) in [6, 6.07) is -2.14. The molecule has 0 N–H and O–H groups in total. The Balaban J connectivity index is 2.32. The maximum absolute atomic E-state index is 10.3. The highest BCUT2D eigenvalue weighted by Crippen LogP contribution is 1.76. The SMILES string of the molecule is FC(F)[SiH2]. The fourth-order valence-corrected chi connectivity index (χ4v) is 0. The van der Waals surface area contributed by atoms with Gasteiger partial charge in [0.15, 0.2) is 0 Å². The summed E-state index contributed by atoms with van der Waals surface area (Å²) in [6.45, 7) is 0. The number of hydrogen-bond acceptors (Lipinski definition) is 0. The summed E-state index contributed by atoms with van der Waals surface area (Å²) in [4.78, 5) is 0. The van der Waals surface area contributed by atoms with Crippen molar-refractivity contribution in [3.05, 3.63) is 0 Å². The van der Waals surface area contributed by atoms with Crippen LogP contribution in [0.2, 0.25) is 0 Å². The van der Waals surface area contributed by atoms with E-state index in [0.29, 0.717) is 10.2 Å². The smallest absolute Gasteiger partial charge is 0.211 e. The Morgan fingerprint density at radius 3 is 1.50 bits per heavy atom. The predicted molar refractivity (Wildman–Crippen MR) is 14.5 cm³/mol. The van der Waals surface area contributed by atoms with Gasteiger partial charge in [-0.15, -0.1) is 0 Å². The van der Waals surface area contributed by atoms with Gasteiger partial charge in [-0.1, -0.05) is 0 Å². The van der Waals surface area contributed by atoms with Crippen LogP contribution in [0.4, 0.5) is 8.78 Å². The minimum absolute atomic E-state index is 0.670. The maximum Gasteiger partial charge on any atom is 0.211 e. The molecule has 4 heavy (non-hydrogen) atoms. The second-order valence-electron chi connectivity index (χ2n) is 0.391. The van der Waals surface area contributed by atoms with E-state index >= 15 is 0 Å². The molecular formula is CH3F2Si. The average Bonchev–Trinajstić information content (AvgIpc) is 0.811. The number of halogens is 2. The van der Waals surface area contributed by atoms with Crippen molar-refractivity contribution in [1.82, 2.24) is 0 Å². The number of hydrogen-bond donors (Lipinski definition) is 0. The molecule has 0 aliphatic heterocycles. The van der Waals surface area contributed by atoms with Crippen molar-refractivity contribution in [1.29, 1.82) is 0 Å². The number of rotatable bonds is 0. The Morgan fingerprint density at radius 2 is 1.50 bits per heavy atom. The van der Waals surface area contributed by atoms with E-state index in [-0.39, 0.29) is 0 Å². The molecule has 0 atom stereocenters. The molecule has 0 aromatic heterocycles. The van der Waals surface area contributed by atoms with Crippen molar-refractivity contribution in [2.24, 2.45) is 0 Å². The van der Waals surface area contributed by atoms with Crippen LogP contribution in [-0.4, -0.2) is 16.3 Å². The van der Waals surface area contributed by atoms with Crippen molar-refractivity contribution in [3.63, 3.8) is 0 Å². The second kappa shape index (κ2) is 1.40. The van der Waals surface area contributed by atoms with Crippen LogP contribution in [0.1, 0.15) is 0 Å². The van der Waals surface area contributed by atoms with E-state index in [2.05, 4.69) is 0 Å². The second-order valence-corrected chi connectivity index (χ2v) is 1.01. The van der Waals surface area contributed by atoms with Gasteiger partial charge in [0.1, 0.15) is 0 Å². The maximum atomic E-state index is 10.3. The van der Waals surface area contributed by atoms with Gasteiger partial charge < -0.3 is 0 Å². The first-order valence-corrected chi connectivity index (χ1v) is 1.66. The number of alkyl halides is 2. The van der Waals surface area contributed by atoms with Crippen LogP contribution in [0, 0.1) is 0 Å². The summed E-state index contributed by atoms with van der Waals surface area (Å²) in [5.74, 6) is 0. The highest BCUT2D eigenvalue weighted by molar-refractivity contribution is 6.09. The van der Waals surface area contributed by atoms with Gasteiger partial charge in [-0.25, -0.2) is 8.78 Å². The minimum atomic E-state index is -2.14. The van der Waals surface area contributed by atoms with Crippen molar-refractivity contribution in [2.45, 2.75) is 6.05 Å². The van der Waals surface area contributed by atoms with Crippen LogP contribution in [0.3, 0.4) is 0 Å². The van der Waals surface area contributed by atoms with E-state index in [1.165, 1.54) is 0 Å². The Kier molecular flexibility index (Phi) is 1.43. The first-order valence-electron chi connectivity index (χ1n) is 0.845. The summed E-state index contributed by atoms with van der Waals surface area (Å²) in [5, 5.41) is 0. The van der Waals surface area contributed by atoms with Crippen molar-refractivity contribution >= 4 is 10.2 Å². The van der Waals surface area contributed by atoms with Gasteiger partial charge in [-0.2, -0.15) is 0 Å². The van der Waals surface area contributed by atoms with E-state index in [4.69, 9.17) is 0 Å². The largest absolute Gasteiger partial charge is 0.217 e. The van der Waals surface area contributed by atoms with Gasteiger partial charge in [-0.3, -0.25) is 0 Å². The van der Waals surface area contributed by atoms with Gasteiger partial charge >= 0.3 is 0 Å². The van der Waals surface area contributed by atoms with E-state index in [1.54, 1.807) is 0 Å². The van der Waals surface area contributed by atoms with Crippen LogP contribution in [0.15, 0.2) is 0 Å². The highest BCUT2D eigenvalue weighted by Gasteiger charge is 1.80. The van der Waals surface area contributed by atoms with Gasteiger partial charge in [0, 0.05) is 0 Å². The van der Waals surface area contributed by atoms with Gasteiger partial charge in [0.25, 0.3) is 0 Å². The molecule has 0 amide bonds. The van der Waals surface area contributed by atoms with Gasteiger partial charge in [-0.05, 0) is 0 Å². The molecule has 0 saturated carbocycles. The van der Waals surface area contributed by atoms with Gasteiger partial charge in [0.2, 0.25) is 6.05 Å². The molecule has 0 aromatic rings. The summed E-state index contributed by atoms with van der Waals surface area (Å²) >= 11 is 0. The van der Waals surface area contributed by atoms with E-state index in [0.717, 1.165) is 0 Å². The molecule has 0 nitrogen and oxygen atoms in total. The van der Waals surface area contributed by atoms with Crippen LogP contribution < -0.4 is 0 Å². The third-order valence-electron chi connectivity index (χ3n) is 0. The Hall–Kier alpha value is 0.0769. The molecule has 0 aliphatic rings. The lowest BCUT2D eigenvalue weighted by Gasteiger charge is -1.70. The average molecular weight is 81.1 g/mol. The molecule has 1 radical (unpaired) electrons. The fraction of sp³-hybridized carbons (Fsp3) is 1.00. The Labute approximate surface area is 26.2 Å². The molecule has 0 spiro atoms. The molecule has 0 unspecified atom stereocenters. The molecule has 0 aliphatic carbocycles. The lowest BCUT2D eigenvalue weighted by atomic mass is 11.7. The lowest BCUT2D eigenvalue weighted by molar-refractivity contribution is 0.242. The topological polar surface area (TPSA) is 0 Å². The zero-order valence-corrected chi connectivity index (χ0v) is 3.45. The van der Waals surface area contributed by atoms with Crippen LogP contribution in [0.5, 0.6) is 0 Å². The van der Waals surface area contributed by atoms with Crippen LogP contribution >= 0.6 is 0 Å². The van der Waals surface area contributed by atoms with Crippen molar-refractivity contribution in [3.8, 4) is 0 Å². The molecule has 0 aromatic carbocycles. The summed E-state index contributed by atoms with van der Waals surface area (Å²) < 4.78 is 20.7. The molecule has 0 rings (SSSR count). The summed E-state index contributed by atoms with van der Waals surface area (Å²) in [7, 11) is 0.670. The van der Waals surface area contributed by atoms with Gasteiger partial charge in [0.05, 0.1) is 10.2 Å². The molecule has 0 fully saturated rings. The molecule has 0 bridgehead atoms. The summed E-state index contributed by atoms with van der Waals surface area (Å²) in [5.41, 5.74) is 0. The van der Waals surface area contributed by atoms with Crippen LogP contribution in [0.25, 0.3) is 0 Å². The zero-order valence-electron chi connectivity index (χ0n) is 2.04. The molecule has 25 valence electrons. The van der Waals surface area contributed by atoms with Crippen LogP contribution in [-0.2, 0) is 0 Å². The fourth-order valence-electron chi connectivity index (χ4n) is 0. The van der Waals surface area contributed by atoms with Crippen molar-refractivity contribution in [2.75, 3.05) is 0 Å². The molecular weight excluding hydrogens is 78.1 g/mol. The van der Waals surface area contributed by atoms with E-state index < -0.39 is 6.05 Å². The zero-order chi connectivity index (χ0) is 3.58. The molecule has 0 saturated heterocycles. The highest BCUT2D eigenvalue weighted by atomic mass is 28.1. The van der Waals surface area contributed by atoms with Crippen molar-refractivity contribution < 1.29 is 8.78 Å². The van der Waals surface area contributed by atoms with E-state index in [9.17, 15) is 8.78 Å². The third-order valence-corrected chi connectivity index (χ3v) is 0. The first-order chi connectivity index (χ1) is 1.73. The van der Waals surface area contributed by atoms with E-state index in [1.807, 2.05) is 0 Å². The summed E-state index contributed by atoms with van der Waals surface area (Å²) in [6.07, 6.45) is 0. The first kappa shape index (κ1) is 4.08.